The molecule has 4 aliphatic rings. The van der Waals surface area contributed by atoms with Gasteiger partial charge in [0.15, 0.2) is 0 Å². The Morgan fingerprint density at radius 3 is 0.992 bits per heavy atom. The van der Waals surface area contributed by atoms with Gasteiger partial charge in [-0.3, -0.25) is 55.8 Å². The Balaban J connectivity index is 0.000000125. The summed E-state index contributed by atoms with van der Waals surface area (Å²) in [7, 11) is 0. The molecule has 0 radical (unpaired) electrons. The van der Waals surface area contributed by atoms with E-state index in [1.165, 1.54) is 63.7 Å². The fraction of sp³-hybridized carbons (Fsp3) is 0.292. The van der Waals surface area contributed by atoms with Crippen LogP contribution < -0.4 is 27.8 Å². The molecule has 130 heavy (non-hydrogen) atoms. The highest BCUT2D eigenvalue weighted by Crippen LogP contribution is 2.27. The third kappa shape index (κ3) is 23.1. The molecule has 19 rings (SSSR count). The SMILES string of the molecule is CCC1CCCCc2nc3cc(C#Cc4ccc(C)cc4)ccn3c(=O)c2C1.CCC1CCCc2nc3cc(C#Cc4ccc(C)cc4)ccn3c(=O)c2C1.CCN1CCCCc2nc3cc(C#Cc4ccc(C)cc4)ccn3c(=O)c2C1.CCN1CCCc2nc3cc(C#Cc4ccc(C)cc4)ccn3c(=O)c2C1.Cc1cccc(C#Cc2ccn3c(=O)ccnc3c2)c1. The molecule has 0 N–H and O–H groups in total. The maximum absolute atomic E-state index is 13.1. The molecule has 0 saturated heterocycles. The van der Waals surface area contributed by atoms with Crippen LogP contribution in [0, 0.1) is 106 Å². The van der Waals surface area contributed by atoms with Crippen LogP contribution in [0.4, 0.5) is 0 Å². The third-order valence-electron chi connectivity index (χ3n) is 24.7. The summed E-state index contributed by atoms with van der Waals surface area (Å²) < 4.78 is 8.16. The molecule has 2 unspecified atom stereocenters. The van der Waals surface area contributed by atoms with Crippen LogP contribution in [-0.2, 0) is 51.6 Å². The van der Waals surface area contributed by atoms with Crippen molar-refractivity contribution in [1.29, 1.82) is 0 Å². The number of benzene rings is 5. The Labute approximate surface area is 761 Å². The molecule has 0 spiro atoms. The summed E-state index contributed by atoms with van der Waals surface area (Å²) in [6.45, 7) is 24.4. The van der Waals surface area contributed by atoms with Crippen LogP contribution in [0.2, 0.25) is 0 Å². The van der Waals surface area contributed by atoms with E-state index < -0.39 is 0 Å². The molecule has 15 aromatic rings. The van der Waals surface area contributed by atoms with Gasteiger partial charge in [-0.15, -0.1) is 0 Å². The molecule has 0 bridgehead atoms. The van der Waals surface area contributed by atoms with Crippen molar-refractivity contribution in [2.75, 3.05) is 26.2 Å². The molecule has 2 atom stereocenters. The van der Waals surface area contributed by atoms with E-state index in [0.29, 0.717) is 53.2 Å². The van der Waals surface area contributed by atoms with Crippen molar-refractivity contribution < 1.29 is 0 Å². The van der Waals surface area contributed by atoms with Crippen LogP contribution in [0.15, 0.2) is 249 Å². The molecular weight excluding hydrogens is 1610 g/mol. The quantitative estimate of drug-likeness (QED) is 0.120. The molecule has 17 nitrogen and oxygen atoms in total. The fourth-order valence-corrected chi connectivity index (χ4v) is 16.9. The van der Waals surface area contributed by atoms with Gasteiger partial charge in [0, 0.05) is 123 Å². The number of hydrogen-bond acceptors (Lipinski definition) is 12. The fourth-order valence-electron chi connectivity index (χ4n) is 16.9. The summed E-state index contributed by atoms with van der Waals surface area (Å²) in [6.07, 6.45) is 27.0. The maximum atomic E-state index is 13.1. The lowest BCUT2D eigenvalue weighted by molar-refractivity contribution is 0.265. The zero-order chi connectivity index (χ0) is 90.6. The Bertz CT molecular complexity index is 7000. The minimum absolute atomic E-state index is 0.0494. The van der Waals surface area contributed by atoms with Crippen LogP contribution in [-0.4, -0.2) is 82.9 Å². The van der Waals surface area contributed by atoms with Crippen molar-refractivity contribution >= 4 is 28.2 Å². The third-order valence-corrected chi connectivity index (χ3v) is 24.7. The molecule has 12 heterocycles. The average molecular weight is 1720 g/mol. The van der Waals surface area contributed by atoms with E-state index in [0.717, 1.165) is 210 Å². The summed E-state index contributed by atoms with van der Waals surface area (Å²) in [5.74, 6) is 32.9. The van der Waals surface area contributed by atoms with Gasteiger partial charge < -0.3 is 0 Å². The van der Waals surface area contributed by atoms with Gasteiger partial charge in [0.2, 0.25) is 0 Å². The van der Waals surface area contributed by atoms with E-state index in [2.05, 4.69) is 178 Å². The largest absolute Gasteiger partial charge is 0.299 e. The highest BCUT2D eigenvalue weighted by Gasteiger charge is 2.25. The van der Waals surface area contributed by atoms with Crippen molar-refractivity contribution in [3.05, 3.63) is 405 Å². The predicted octanol–water partition coefficient (Wildman–Crippen LogP) is 18.1. The van der Waals surface area contributed by atoms with E-state index in [9.17, 15) is 24.0 Å². The topological polar surface area (TPSA) is 178 Å². The molecule has 10 aromatic heterocycles. The molecule has 0 amide bonds. The second-order valence-electron chi connectivity index (χ2n) is 34.3. The van der Waals surface area contributed by atoms with Crippen LogP contribution >= 0.6 is 0 Å². The first kappa shape index (κ1) is 90.4. The Kier molecular flexibility index (Phi) is 29.9. The minimum atomic E-state index is -0.0896. The first-order valence-corrected chi connectivity index (χ1v) is 45.8. The van der Waals surface area contributed by atoms with E-state index in [-0.39, 0.29) is 27.8 Å². The maximum Gasteiger partial charge on any atom is 0.262 e. The first-order chi connectivity index (χ1) is 63.3. The van der Waals surface area contributed by atoms with Crippen molar-refractivity contribution in [1.82, 2.24) is 56.7 Å². The van der Waals surface area contributed by atoms with Crippen molar-refractivity contribution in [2.45, 2.75) is 178 Å². The average Bonchev–Trinajstić information content (AvgIpc) is 0.993. The van der Waals surface area contributed by atoms with Gasteiger partial charge in [0.05, 0.1) is 33.9 Å². The van der Waals surface area contributed by atoms with Crippen molar-refractivity contribution in [2.24, 2.45) is 11.8 Å². The smallest absolute Gasteiger partial charge is 0.262 e. The molecule has 5 aromatic carbocycles. The molecule has 17 heteroatoms. The van der Waals surface area contributed by atoms with E-state index in [1.807, 2.05) is 153 Å². The van der Waals surface area contributed by atoms with Gasteiger partial charge in [0.1, 0.15) is 28.2 Å². The number of rotatable bonds is 4. The summed E-state index contributed by atoms with van der Waals surface area (Å²) in [4.78, 5) is 91.9. The van der Waals surface area contributed by atoms with E-state index in [1.54, 1.807) is 36.2 Å². The van der Waals surface area contributed by atoms with E-state index in [4.69, 9.17) is 19.9 Å². The highest BCUT2D eigenvalue weighted by atomic mass is 16.1. The van der Waals surface area contributed by atoms with Crippen LogP contribution in [0.5, 0.6) is 0 Å². The van der Waals surface area contributed by atoms with Gasteiger partial charge in [-0.25, -0.2) is 24.9 Å². The number of fused-ring (bicyclic) bond motifs is 9. The molecule has 652 valence electrons. The van der Waals surface area contributed by atoms with Gasteiger partial charge in [-0.2, -0.15) is 0 Å². The van der Waals surface area contributed by atoms with Gasteiger partial charge >= 0.3 is 0 Å². The number of pyridine rings is 5. The zero-order valence-corrected chi connectivity index (χ0v) is 76.0. The molecule has 2 aliphatic heterocycles. The first-order valence-electron chi connectivity index (χ1n) is 45.8. The standard InChI is InChI=1S/C25H26N2O.C24H25N3O.C24H24N2O.C23H23N3O.C17H12N2O/c1-3-19-6-4-5-7-23-22(16-19)25(28)27-15-14-21(17-24(27)26-23)13-12-20-10-8-18(2)9-11-20;1-3-26-14-5-4-6-22-21(17-26)24(28)27-15-13-20(16-23(27)25-22)12-11-19-9-7-18(2)8-10-19;1-3-18-5-4-6-22-21(15-18)24(27)26-14-13-20(16-23(26)25-22)12-11-19-9-7-17(2)8-10-19;1-3-25-13-4-5-21-20(16-25)23(27)26-14-12-19(15-22(26)24-21)11-10-18-8-6-17(2)7-9-18;1-13-3-2-4-14(11-13)5-6-15-8-10-19-16(12-15)18-9-7-17(19)20/h8-11,14-15,17,19H,3-7,16H2,1-2H3;7-10,13,15-16H,3-6,14,17H2,1-2H3;7-10,13-14,16,18H,3-6,15H2,1-2H3;6-9,12,14-15H,3-5,13,16H2,1-2H3;2-4,7-12H,1H3. The number of aromatic nitrogens is 10. The number of aryl methyl sites for hydroxylation is 9. The number of hydrogen-bond donors (Lipinski definition) is 0. The Hall–Kier alpha value is -14.4. The lowest BCUT2D eigenvalue weighted by Crippen LogP contribution is -2.32. The molecular formula is C113H110N12O5. The normalized spacial score (nSPS) is 14.6. The summed E-state index contributed by atoms with van der Waals surface area (Å²) in [5, 5.41) is 0. The van der Waals surface area contributed by atoms with Crippen LogP contribution in [0.25, 0.3) is 28.2 Å². The number of nitrogens with zero attached hydrogens (tertiary/aromatic N) is 12. The molecule has 0 saturated carbocycles. The molecule has 2 aliphatic carbocycles. The van der Waals surface area contributed by atoms with Crippen LogP contribution in [0.3, 0.4) is 0 Å². The van der Waals surface area contributed by atoms with Crippen LogP contribution in [0.1, 0.15) is 220 Å². The summed E-state index contributed by atoms with van der Waals surface area (Å²) in [5.41, 5.74) is 26.3. The lowest BCUT2D eigenvalue weighted by atomic mass is 9.88. The van der Waals surface area contributed by atoms with Crippen molar-refractivity contribution in [3.63, 3.8) is 0 Å². The van der Waals surface area contributed by atoms with Crippen molar-refractivity contribution in [3.8, 4) is 59.2 Å². The second-order valence-corrected chi connectivity index (χ2v) is 34.3. The summed E-state index contributed by atoms with van der Waals surface area (Å²) >= 11 is 0. The molecule has 0 fully saturated rings. The lowest BCUT2D eigenvalue weighted by Gasteiger charge is -2.24. The Morgan fingerprint density at radius 1 is 0.300 bits per heavy atom. The zero-order valence-electron chi connectivity index (χ0n) is 76.0. The van der Waals surface area contributed by atoms with E-state index >= 15 is 0 Å². The van der Waals surface area contributed by atoms with Gasteiger partial charge in [-0.05, 0) is 277 Å². The highest BCUT2D eigenvalue weighted by molar-refractivity contribution is 5.57. The predicted molar refractivity (Wildman–Crippen MR) is 522 cm³/mol. The second kappa shape index (κ2) is 42.9. The minimum Gasteiger partial charge on any atom is -0.299 e. The van der Waals surface area contributed by atoms with Gasteiger partial charge in [-0.1, -0.05) is 196 Å². The Morgan fingerprint density at radius 2 is 0.615 bits per heavy atom. The monoisotopic (exact) mass is 1710 g/mol. The van der Waals surface area contributed by atoms with Gasteiger partial charge in [0.25, 0.3) is 27.8 Å². The summed E-state index contributed by atoms with van der Waals surface area (Å²) in [6, 6.07) is 61.0.